The Bertz CT molecular complexity index is 445. The first-order chi connectivity index (χ1) is 9.03. The van der Waals surface area contributed by atoms with E-state index in [1.807, 2.05) is 19.1 Å². The quantitative estimate of drug-likeness (QED) is 0.790. The van der Waals surface area contributed by atoms with Gasteiger partial charge in [0.15, 0.2) is 0 Å². The standard InChI is InChI=1S/C14H21NO4/c1-9-7-13(18-3)10(8-12(9)17-2)5-6-11(15)14(16)19-4/h7-8,11H,5-6,15H2,1-4H3. The Morgan fingerprint density at radius 2 is 1.84 bits per heavy atom. The van der Waals surface area contributed by atoms with Crippen molar-refractivity contribution < 1.29 is 19.0 Å². The van der Waals surface area contributed by atoms with Gasteiger partial charge >= 0.3 is 5.97 Å². The van der Waals surface area contributed by atoms with Crippen molar-refractivity contribution in [1.82, 2.24) is 0 Å². The van der Waals surface area contributed by atoms with Crippen molar-refractivity contribution in [2.75, 3.05) is 21.3 Å². The van der Waals surface area contributed by atoms with Gasteiger partial charge in [-0.3, -0.25) is 4.79 Å². The van der Waals surface area contributed by atoms with E-state index in [1.165, 1.54) is 7.11 Å². The average Bonchev–Trinajstić information content (AvgIpc) is 2.44. The zero-order chi connectivity index (χ0) is 14.4. The summed E-state index contributed by atoms with van der Waals surface area (Å²) in [4.78, 5) is 11.3. The minimum atomic E-state index is -0.623. The number of carbonyl (C=O) groups is 1. The minimum absolute atomic E-state index is 0.405. The van der Waals surface area contributed by atoms with Crippen molar-refractivity contribution in [3.8, 4) is 11.5 Å². The summed E-state index contributed by atoms with van der Waals surface area (Å²) in [6, 6.07) is 3.21. The highest BCUT2D eigenvalue weighted by molar-refractivity contribution is 5.75. The van der Waals surface area contributed by atoms with Crippen LogP contribution in [0.15, 0.2) is 12.1 Å². The summed E-state index contributed by atoms with van der Waals surface area (Å²) >= 11 is 0. The van der Waals surface area contributed by atoms with Crippen LogP contribution in [0.4, 0.5) is 0 Å². The number of nitrogens with two attached hydrogens (primary N) is 1. The maximum Gasteiger partial charge on any atom is 0.322 e. The second-order valence-corrected chi connectivity index (χ2v) is 4.30. The normalized spacial score (nSPS) is 11.8. The van der Waals surface area contributed by atoms with Crippen LogP contribution in [0.1, 0.15) is 17.5 Å². The monoisotopic (exact) mass is 267 g/mol. The van der Waals surface area contributed by atoms with Gasteiger partial charge < -0.3 is 19.9 Å². The number of carbonyl (C=O) groups excluding carboxylic acids is 1. The lowest BCUT2D eigenvalue weighted by atomic mass is 10.0. The van der Waals surface area contributed by atoms with E-state index >= 15 is 0 Å². The Hall–Kier alpha value is -1.75. The summed E-state index contributed by atoms with van der Waals surface area (Å²) in [5, 5.41) is 0. The van der Waals surface area contributed by atoms with Crippen LogP contribution in [0.5, 0.6) is 11.5 Å². The second kappa shape index (κ2) is 6.99. The zero-order valence-electron chi connectivity index (χ0n) is 11.9. The molecule has 106 valence electrons. The lowest BCUT2D eigenvalue weighted by molar-refractivity contribution is -0.142. The number of rotatable bonds is 6. The van der Waals surface area contributed by atoms with Gasteiger partial charge in [0.2, 0.25) is 0 Å². The number of methoxy groups -OCH3 is 3. The smallest absolute Gasteiger partial charge is 0.322 e. The third kappa shape index (κ3) is 3.86. The molecule has 0 saturated carbocycles. The fraction of sp³-hybridized carbons (Fsp3) is 0.500. The van der Waals surface area contributed by atoms with Crippen LogP contribution in [-0.2, 0) is 16.0 Å². The molecule has 1 rings (SSSR count). The Labute approximate surface area is 113 Å². The molecule has 0 aliphatic heterocycles. The van der Waals surface area contributed by atoms with E-state index in [-0.39, 0.29) is 0 Å². The van der Waals surface area contributed by atoms with Gasteiger partial charge in [0.25, 0.3) is 0 Å². The van der Waals surface area contributed by atoms with Crippen LogP contribution in [0.3, 0.4) is 0 Å². The molecule has 5 heteroatoms. The largest absolute Gasteiger partial charge is 0.496 e. The van der Waals surface area contributed by atoms with Gasteiger partial charge in [-0.15, -0.1) is 0 Å². The lowest BCUT2D eigenvalue weighted by Crippen LogP contribution is -2.31. The molecule has 0 aromatic heterocycles. The topological polar surface area (TPSA) is 70.8 Å². The molecule has 1 atom stereocenters. The van der Waals surface area contributed by atoms with Crippen molar-refractivity contribution in [1.29, 1.82) is 0 Å². The molecule has 1 aromatic rings. The predicted octanol–water partition coefficient (Wildman–Crippen LogP) is 1.45. The molecule has 2 N–H and O–H groups in total. The molecule has 1 aromatic carbocycles. The molecule has 19 heavy (non-hydrogen) atoms. The van der Waals surface area contributed by atoms with Crippen LogP contribution in [0.25, 0.3) is 0 Å². The zero-order valence-corrected chi connectivity index (χ0v) is 11.9. The Balaban J connectivity index is 2.84. The van der Waals surface area contributed by atoms with Gasteiger partial charge in [-0.05, 0) is 43.0 Å². The van der Waals surface area contributed by atoms with E-state index < -0.39 is 12.0 Å². The van der Waals surface area contributed by atoms with Gasteiger partial charge in [-0.1, -0.05) is 0 Å². The molecular weight excluding hydrogens is 246 g/mol. The number of hydrogen-bond donors (Lipinski definition) is 1. The Morgan fingerprint density at radius 1 is 1.21 bits per heavy atom. The SMILES string of the molecule is COC(=O)C(N)CCc1cc(OC)c(C)cc1OC. The summed E-state index contributed by atoms with van der Waals surface area (Å²) in [7, 11) is 4.57. The molecule has 0 heterocycles. The highest BCUT2D eigenvalue weighted by Crippen LogP contribution is 2.29. The van der Waals surface area contributed by atoms with Crippen molar-refractivity contribution in [3.63, 3.8) is 0 Å². The molecule has 0 spiro atoms. The fourth-order valence-electron chi connectivity index (χ4n) is 1.89. The van der Waals surface area contributed by atoms with Crippen LogP contribution >= 0.6 is 0 Å². The van der Waals surface area contributed by atoms with Gasteiger partial charge in [0.1, 0.15) is 17.5 Å². The molecule has 0 bridgehead atoms. The summed E-state index contributed by atoms with van der Waals surface area (Å²) in [6.45, 7) is 1.95. The first-order valence-electron chi connectivity index (χ1n) is 6.08. The molecule has 0 aliphatic carbocycles. The third-order valence-electron chi connectivity index (χ3n) is 3.03. The Kier molecular flexibility index (Phi) is 5.63. The van der Waals surface area contributed by atoms with Crippen LogP contribution in [0, 0.1) is 6.92 Å². The van der Waals surface area contributed by atoms with Crippen molar-refractivity contribution in [2.45, 2.75) is 25.8 Å². The number of esters is 1. The first-order valence-corrected chi connectivity index (χ1v) is 6.08. The van der Waals surface area contributed by atoms with E-state index in [4.69, 9.17) is 15.2 Å². The average molecular weight is 267 g/mol. The predicted molar refractivity (Wildman–Crippen MR) is 72.6 cm³/mol. The molecule has 0 aliphatic rings. The summed E-state index contributed by atoms with van der Waals surface area (Å²) in [6.07, 6.45) is 1.12. The van der Waals surface area contributed by atoms with Crippen LogP contribution in [0.2, 0.25) is 0 Å². The Morgan fingerprint density at radius 3 is 2.37 bits per heavy atom. The van der Waals surface area contributed by atoms with E-state index in [2.05, 4.69) is 4.74 Å². The van der Waals surface area contributed by atoms with E-state index in [9.17, 15) is 4.79 Å². The van der Waals surface area contributed by atoms with Gasteiger partial charge in [0.05, 0.1) is 21.3 Å². The highest BCUT2D eigenvalue weighted by atomic mass is 16.5. The third-order valence-corrected chi connectivity index (χ3v) is 3.03. The lowest BCUT2D eigenvalue weighted by Gasteiger charge is -2.14. The molecule has 1 unspecified atom stereocenters. The number of hydrogen-bond acceptors (Lipinski definition) is 5. The van der Waals surface area contributed by atoms with Gasteiger partial charge in [-0.2, -0.15) is 0 Å². The van der Waals surface area contributed by atoms with Crippen molar-refractivity contribution >= 4 is 5.97 Å². The first kappa shape index (κ1) is 15.3. The fourth-order valence-corrected chi connectivity index (χ4v) is 1.89. The number of aryl methyl sites for hydroxylation is 2. The summed E-state index contributed by atoms with van der Waals surface area (Å²) in [5.41, 5.74) is 7.68. The van der Waals surface area contributed by atoms with Gasteiger partial charge in [0, 0.05) is 0 Å². The van der Waals surface area contributed by atoms with Crippen LogP contribution in [-0.4, -0.2) is 33.3 Å². The molecule has 5 nitrogen and oxygen atoms in total. The van der Waals surface area contributed by atoms with Crippen molar-refractivity contribution in [2.24, 2.45) is 5.73 Å². The maximum atomic E-state index is 11.3. The van der Waals surface area contributed by atoms with Crippen molar-refractivity contribution in [3.05, 3.63) is 23.3 Å². The number of benzene rings is 1. The molecule has 0 amide bonds. The number of ether oxygens (including phenoxy) is 3. The second-order valence-electron chi connectivity index (χ2n) is 4.30. The van der Waals surface area contributed by atoms with E-state index in [0.717, 1.165) is 22.6 Å². The van der Waals surface area contributed by atoms with Crippen LogP contribution < -0.4 is 15.2 Å². The van der Waals surface area contributed by atoms with E-state index in [0.29, 0.717) is 12.8 Å². The molecule has 0 saturated heterocycles. The van der Waals surface area contributed by atoms with Gasteiger partial charge in [-0.25, -0.2) is 0 Å². The summed E-state index contributed by atoms with van der Waals surface area (Å²) in [5.74, 6) is 1.16. The summed E-state index contributed by atoms with van der Waals surface area (Å²) < 4.78 is 15.2. The molecule has 0 radical (unpaired) electrons. The highest BCUT2D eigenvalue weighted by Gasteiger charge is 2.15. The molecular formula is C14H21NO4. The maximum absolute atomic E-state index is 11.3. The minimum Gasteiger partial charge on any atom is -0.496 e. The van der Waals surface area contributed by atoms with E-state index in [1.54, 1.807) is 14.2 Å². The molecule has 0 fully saturated rings.